The molecule has 1 aromatic carbocycles. The molecule has 1 aliphatic rings. The third-order valence-electron chi connectivity index (χ3n) is 5.05. The molecule has 1 aliphatic carbocycles. The summed E-state index contributed by atoms with van der Waals surface area (Å²) in [5.41, 5.74) is 7.38. The molecule has 2 aromatic rings. The number of anilines is 1. The third-order valence-corrected chi connectivity index (χ3v) is 5.32. The number of halogens is 1. The third kappa shape index (κ3) is 4.96. The first-order valence-corrected chi connectivity index (χ1v) is 9.95. The molecule has 10 heteroatoms. The summed E-state index contributed by atoms with van der Waals surface area (Å²) in [6.07, 6.45) is 2.42. The second-order valence-electron chi connectivity index (χ2n) is 7.21. The van der Waals surface area contributed by atoms with Crippen LogP contribution in [-0.4, -0.2) is 41.0 Å². The van der Waals surface area contributed by atoms with Crippen LogP contribution in [0.5, 0.6) is 0 Å². The van der Waals surface area contributed by atoms with Crippen LogP contribution >= 0.6 is 11.6 Å². The molecule has 0 spiro atoms. The molecule has 0 unspecified atom stereocenters. The number of methoxy groups -OCH3 is 1. The van der Waals surface area contributed by atoms with E-state index >= 15 is 0 Å². The fourth-order valence-corrected chi connectivity index (χ4v) is 3.68. The molecule has 30 heavy (non-hydrogen) atoms. The van der Waals surface area contributed by atoms with Crippen molar-refractivity contribution in [3.8, 4) is 0 Å². The first kappa shape index (κ1) is 21.8. The molecular formula is C20H23ClN4O5. The van der Waals surface area contributed by atoms with Crippen molar-refractivity contribution in [2.45, 2.75) is 45.6 Å². The smallest absolute Gasteiger partial charge is 0.338 e. The van der Waals surface area contributed by atoms with Gasteiger partial charge in [-0.25, -0.2) is 14.8 Å². The molecule has 0 radical (unpaired) electrons. The molecule has 0 bridgehead atoms. The summed E-state index contributed by atoms with van der Waals surface area (Å²) < 4.78 is 9.96. The van der Waals surface area contributed by atoms with Gasteiger partial charge in [0.2, 0.25) is 5.91 Å². The number of nitrogens with zero attached hydrogens (tertiary/aromatic N) is 2. The van der Waals surface area contributed by atoms with Gasteiger partial charge in [0.15, 0.2) is 11.0 Å². The van der Waals surface area contributed by atoms with E-state index < -0.39 is 5.97 Å². The Morgan fingerprint density at radius 3 is 2.40 bits per heavy atom. The number of hydrogen-bond acceptors (Lipinski definition) is 8. The number of ether oxygens (including phenoxy) is 2. The number of rotatable bonds is 5. The van der Waals surface area contributed by atoms with Crippen molar-refractivity contribution in [1.29, 1.82) is 0 Å². The van der Waals surface area contributed by atoms with Gasteiger partial charge in [0.25, 0.3) is 0 Å². The van der Waals surface area contributed by atoms with Crippen LogP contribution in [0.4, 0.5) is 5.82 Å². The minimum atomic E-state index is -0.467. The molecule has 0 atom stereocenters. The predicted octanol–water partition coefficient (Wildman–Crippen LogP) is 2.94. The zero-order valence-electron chi connectivity index (χ0n) is 17.0. The summed E-state index contributed by atoms with van der Waals surface area (Å²) in [6, 6.07) is 3.27. The lowest BCUT2D eigenvalue weighted by Gasteiger charge is -2.27. The Morgan fingerprint density at radius 1 is 1.10 bits per heavy atom. The van der Waals surface area contributed by atoms with Gasteiger partial charge in [-0.3, -0.25) is 20.4 Å². The molecule has 3 rings (SSSR count). The van der Waals surface area contributed by atoms with Crippen LogP contribution in [0.2, 0.25) is 5.15 Å². The second-order valence-corrected chi connectivity index (χ2v) is 7.57. The first-order valence-electron chi connectivity index (χ1n) is 9.57. The molecule has 0 aliphatic heterocycles. The number of esters is 2. The molecule has 1 heterocycles. The summed E-state index contributed by atoms with van der Waals surface area (Å²) in [6.45, 7) is 3.15. The topological polar surface area (TPSA) is 120 Å². The average Bonchev–Trinajstić information content (AvgIpc) is 2.71. The number of benzene rings is 1. The monoisotopic (exact) mass is 434 g/mol. The normalized spacial score (nSPS) is 18.5. The molecule has 1 saturated carbocycles. The van der Waals surface area contributed by atoms with E-state index in [0.29, 0.717) is 47.8 Å². The molecule has 2 N–H and O–H groups in total. The fraction of sp³-hybridized carbons (Fsp3) is 0.450. The van der Waals surface area contributed by atoms with E-state index in [1.165, 1.54) is 14.0 Å². The van der Waals surface area contributed by atoms with Gasteiger partial charge in [-0.05, 0) is 50.3 Å². The number of amides is 1. The predicted molar refractivity (Wildman–Crippen MR) is 110 cm³/mol. The van der Waals surface area contributed by atoms with Gasteiger partial charge in [0, 0.05) is 12.8 Å². The number of aromatic nitrogens is 2. The van der Waals surface area contributed by atoms with Crippen molar-refractivity contribution < 1.29 is 23.9 Å². The van der Waals surface area contributed by atoms with Crippen LogP contribution < -0.4 is 10.9 Å². The Kier molecular flexibility index (Phi) is 6.71. The van der Waals surface area contributed by atoms with E-state index in [0.717, 1.165) is 0 Å². The van der Waals surface area contributed by atoms with Crippen LogP contribution in [0.1, 0.15) is 48.5 Å². The van der Waals surface area contributed by atoms with Crippen molar-refractivity contribution in [3.63, 3.8) is 0 Å². The SMILES string of the molecule is COC(=O)c1cc2nc(Cl)c(NNC(=O)[C@H]3CC[C@@H](OC(C)=O)CC3)nc2cc1C. The minimum Gasteiger partial charge on any atom is -0.465 e. The number of hydrazine groups is 1. The molecular weight excluding hydrogens is 412 g/mol. The van der Waals surface area contributed by atoms with Crippen LogP contribution in [0.3, 0.4) is 0 Å². The van der Waals surface area contributed by atoms with Gasteiger partial charge in [-0.15, -0.1) is 0 Å². The number of carbonyl (C=O) groups is 3. The lowest BCUT2D eigenvalue weighted by Crippen LogP contribution is -2.38. The molecule has 1 aromatic heterocycles. The summed E-state index contributed by atoms with van der Waals surface area (Å²) in [4.78, 5) is 44.0. The fourth-order valence-electron chi connectivity index (χ4n) is 3.50. The van der Waals surface area contributed by atoms with Gasteiger partial charge in [-0.1, -0.05) is 11.6 Å². The van der Waals surface area contributed by atoms with Crippen LogP contribution in [0, 0.1) is 12.8 Å². The van der Waals surface area contributed by atoms with Gasteiger partial charge < -0.3 is 9.47 Å². The Bertz CT molecular complexity index is 989. The molecule has 1 fully saturated rings. The highest BCUT2D eigenvalue weighted by Crippen LogP contribution is 2.27. The van der Waals surface area contributed by atoms with Gasteiger partial charge in [0.05, 0.1) is 23.7 Å². The van der Waals surface area contributed by atoms with E-state index in [1.807, 2.05) is 0 Å². The lowest BCUT2D eigenvalue weighted by molar-refractivity contribution is -0.148. The largest absolute Gasteiger partial charge is 0.465 e. The average molecular weight is 435 g/mol. The van der Waals surface area contributed by atoms with Crippen molar-refractivity contribution in [2.75, 3.05) is 12.5 Å². The van der Waals surface area contributed by atoms with Gasteiger partial charge in [0.1, 0.15) is 6.10 Å². The summed E-state index contributed by atoms with van der Waals surface area (Å²) >= 11 is 6.19. The molecule has 0 saturated heterocycles. The van der Waals surface area contributed by atoms with Crippen LogP contribution in [0.15, 0.2) is 12.1 Å². The van der Waals surface area contributed by atoms with Gasteiger partial charge in [-0.2, -0.15) is 0 Å². The van der Waals surface area contributed by atoms with E-state index in [2.05, 4.69) is 20.8 Å². The second kappa shape index (κ2) is 9.25. The van der Waals surface area contributed by atoms with Crippen molar-refractivity contribution in [1.82, 2.24) is 15.4 Å². The number of fused-ring (bicyclic) bond motifs is 1. The summed E-state index contributed by atoms with van der Waals surface area (Å²) in [5, 5.41) is 0.0565. The zero-order chi connectivity index (χ0) is 21.8. The van der Waals surface area contributed by atoms with Crippen LogP contribution in [0.25, 0.3) is 11.0 Å². The zero-order valence-corrected chi connectivity index (χ0v) is 17.7. The maximum Gasteiger partial charge on any atom is 0.338 e. The molecule has 160 valence electrons. The standard InChI is InChI=1S/C20H23ClN4O5/c1-10-8-15-16(9-14(10)20(28)29-3)22-17(21)18(23-15)24-25-19(27)12-4-6-13(7-5-12)30-11(2)26/h8-9,12-13H,4-7H2,1-3H3,(H,23,24)(H,25,27)/t12-,13+. The Balaban J connectivity index is 1.66. The number of hydrogen-bond donors (Lipinski definition) is 2. The number of carbonyl (C=O) groups excluding carboxylic acids is 3. The van der Waals surface area contributed by atoms with E-state index in [9.17, 15) is 14.4 Å². The highest BCUT2D eigenvalue weighted by Gasteiger charge is 2.28. The van der Waals surface area contributed by atoms with Crippen molar-refractivity contribution >= 4 is 46.3 Å². The Hall–Kier alpha value is -2.94. The van der Waals surface area contributed by atoms with Gasteiger partial charge >= 0.3 is 11.9 Å². The number of aryl methyl sites for hydroxylation is 1. The highest BCUT2D eigenvalue weighted by atomic mass is 35.5. The maximum absolute atomic E-state index is 12.5. The summed E-state index contributed by atoms with van der Waals surface area (Å²) in [5.74, 6) is -0.947. The van der Waals surface area contributed by atoms with Crippen molar-refractivity contribution in [2.24, 2.45) is 5.92 Å². The summed E-state index contributed by atoms with van der Waals surface area (Å²) in [7, 11) is 1.31. The number of nitrogens with one attached hydrogen (secondary N) is 2. The maximum atomic E-state index is 12.5. The van der Waals surface area contributed by atoms with E-state index in [1.54, 1.807) is 19.1 Å². The Morgan fingerprint density at radius 2 is 1.77 bits per heavy atom. The van der Waals surface area contributed by atoms with Crippen molar-refractivity contribution in [3.05, 3.63) is 28.4 Å². The minimum absolute atomic E-state index is 0.0565. The molecule has 1 amide bonds. The quantitative estimate of drug-likeness (QED) is 0.544. The highest BCUT2D eigenvalue weighted by molar-refractivity contribution is 6.32. The molecule has 9 nitrogen and oxygen atoms in total. The first-order chi connectivity index (χ1) is 14.3. The van der Waals surface area contributed by atoms with E-state index in [-0.39, 0.29) is 34.9 Å². The van der Waals surface area contributed by atoms with E-state index in [4.69, 9.17) is 21.1 Å². The Labute approximate surface area is 178 Å². The lowest BCUT2D eigenvalue weighted by atomic mass is 9.87. The van der Waals surface area contributed by atoms with Crippen LogP contribution in [-0.2, 0) is 19.1 Å².